The van der Waals surface area contributed by atoms with E-state index in [0.29, 0.717) is 16.3 Å². The molecule has 0 aliphatic carbocycles. The summed E-state index contributed by atoms with van der Waals surface area (Å²) >= 11 is 1.47. The van der Waals surface area contributed by atoms with Crippen LogP contribution in [0.3, 0.4) is 0 Å². The van der Waals surface area contributed by atoms with Crippen LogP contribution in [0.1, 0.15) is 36.7 Å². The molecule has 2 aromatic rings. The standard InChI is InChI=1S/C16H19N3OS/c1-16(2,3)10-4-6-11(7-5-10)21-14-8-12(15(18)20)13(17)9-19-14/h4-9H,17H2,1-3H3,(H2,18,20). The molecule has 5 heteroatoms. The summed E-state index contributed by atoms with van der Waals surface area (Å²) in [6.07, 6.45) is 1.46. The number of pyridine rings is 1. The lowest BCUT2D eigenvalue weighted by molar-refractivity contribution is 0.100. The molecule has 1 amide bonds. The van der Waals surface area contributed by atoms with Gasteiger partial charge in [-0.1, -0.05) is 44.7 Å². The van der Waals surface area contributed by atoms with E-state index in [4.69, 9.17) is 11.5 Å². The molecule has 0 bridgehead atoms. The van der Waals surface area contributed by atoms with Crippen molar-refractivity contribution < 1.29 is 4.79 Å². The van der Waals surface area contributed by atoms with E-state index in [1.54, 1.807) is 6.07 Å². The average molecular weight is 301 g/mol. The Bertz CT molecular complexity index is 660. The zero-order valence-electron chi connectivity index (χ0n) is 12.4. The van der Waals surface area contributed by atoms with E-state index in [0.717, 1.165) is 4.90 Å². The topological polar surface area (TPSA) is 82.0 Å². The van der Waals surface area contributed by atoms with Crippen molar-refractivity contribution in [2.24, 2.45) is 5.73 Å². The van der Waals surface area contributed by atoms with Crippen LogP contribution in [0.2, 0.25) is 0 Å². The van der Waals surface area contributed by atoms with Gasteiger partial charge >= 0.3 is 0 Å². The lowest BCUT2D eigenvalue weighted by atomic mass is 9.87. The van der Waals surface area contributed by atoms with E-state index in [9.17, 15) is 4.79 Å². The van der Waals surface area contributed by atoms with Crippen molar-refractivity contribution in [3.8, 4) is 0 Å². The summed E-state index contributed by atoms with van der Waals surface area (Å²) in [4.78, 5) is 16.6. The molecule has 4 nitrogen and oxygen atoms in total. The minimum absolute atomic E-state index is 0.127. The monoisotopic (exact) mass is 301 g/mol. The number of aromatic nitrogens is 1. The third-order valence-electron chi connectivity index (χ3n) is 3.12. The molecule has 0 radical (unpaired) electrons. The maximum atomic E-state index is 11.3. The molecule has 110 valence electrons. The fourth-order valence-corrected chi connectivity index (χ4v) is 2.66. The summed E-state index contributed by atoms with van der Waals surface area (Å²) in [5.41, 5.74) is 13.0. The van der Waals surface area contributed by atoms with Gasteiger partial charge in [0.05, 0.1) is 17.4 Å². The largest absolute Gasteiger partial charge is 0.397 e. The van der Waals surface area contributed by atoms with Gasteiger partial charge in [-0.15, -0.1) is 0 Å². The van der Waals surface area contributed by atoms with Gasteiger partial charge in [-0.05, 0) is 29.2 Å². The quantitative estimate of drug-likeness (QED) is 0.912. The Morgan fingerprint density at radius 3 is 2.33 bits per heavy atom. The Morgan fingerprint density at radius 2 is 1.81 bits per heavy atom. The van der Waals surface area contributed by atoms with E-state index in [-0.39, 0.29) is 5.41 Å². The number of hydrogen-bond acceptors (Lipinski definition) is 4. The average Bonchev–Trinajstić information content (AvgIpc) is 2.40. The molecular formula is C16H19N3OS. The maximum Gasteiger partial charge on any atom is 0.250 e. The highest BCUT2D eigenvalue weighted by Crippen LogP contribution is 2.30. The molecule has 0 atom stereocenters. The number of hydrogen-bond donors (Lipinski definition) is 2. The summed E-state index contributed by atoms with van der Waals surface area (Å²) in [6.45, 7) is 6.53. The Kier molecular flexibility index (Phi) is 4.23. The molecule has 0 saturated heterocycles. The summed E-state index contributed by atoms with van der Waals surface area (Å²) in [7, 11) is 0. The lowest BCUT2D eigenvalue weighted by Gasteiger charge is -2.19. The van der Waals surface area contributed by atoms with E-state index in [1.807, 2.05) is 12.1 Å². The smallest absolute Gasteiger partial charge is 0.250 e. The van der Waals surface area contributed by atoms with E-state index < -0.39 is 5.91 Å². The molecule has 0 aliphatic rings. The van der Waals surface area contributed by atoms with Crippen molar-refractivity contribution in [1.82, 2.24) is 4.98 Å². The summed E-state index contributed by atoms with van der Waals surface area (Å²) in [5, 5.41) is 0.696. The fraction of sp³-hybridized carbons (Fsp3) is 0.250. The summed E-state index contributed by atoms with van der Waals surface area (Å²) < 4.78 is 0. The Balaban J connectivity index is 2.22. The number of anilines is 1. The van der Waals surface area contributed by atoms with Crippen LogP contribution in [0.15, 0.2) is 46.5 Å². The van der Waals surface area contributed by atoms with Crippen molar-refractivity contribution in [2.75, 3.05) is 5.73 Å². The molecule has 0 aliphatic heterocycles. The lowest BCUT2D eigenvalue weighted by Crippen LogP contribution is -2.13. The Labute approximate surface area is 128 Å². The molecule has 2 rings (SSSR count). The molecule has 0 fully saturated rings. The molecular weight excluding hydrogens is 282 g/mol. The van der Waals surface area contributed by atoms with Gasteiger partial charge in [0, 0.05) is 4.90 Å². The normalized spacial score (nSPS) is 11.4. The first-order chi connectivity index (χ1) is 9.77. The van der Waals surface area contributed by atoms with Crippen molar-refractivity contribution in [1.29, 1.82) is 0 Å². The predicted octanol–water partition coefficient (Wildman–Crippen LogP) is 3.21. The second-order valence-corrected chi connectivity index (χ2v) is 6.94. The van der Waals surface area contributed by atoms with Crippen LogP contribution < -0.4 is 11.5 Å². The summed E-state index contributed by atoms with van der Waals surface area (Å²) in [6, 6.07) is 9.93. The van der Waals surface area contributed by atoms with Gasteiger partial charge in [0.25, 0.3) is 5.91 Å². The first-order valence-corrected chi connectivity index (χ1v) is 7.43. The van der Waals surface area contributed by atoms with Crippen molar-refractivity contribution in [3.63, 3.8) is 0 Å². The molecule has 1 heterocycles. The molecule has 1 aromatic carbocycles. The van der Waals surface area contributed by atoms with Crippen LogP contribution in [-0.4, -0.2) is 10.9 Å². The van der Waals surface area contributed by atoms with Gasteiger partial charge < -0.3 is 11.5 Å². The number of carbonyl (C=O) groups is 1. The fourth-order valence-electron chi connectivity index (χ4n) is 1.86. The molecule has 4 N–H and O–H groups in total. The van der Waals surface area contributed by atoms with Crippen LogP contribution in [0.4, 0.5) is 5.69 Å². The van der Waals surface area contributed by atoms with Gasteiger partial charge in [0.1, 0.15) is 5.03 Å². The van der Waals surface area contributed by atoms with Crippen molar-refractivity contribution in [3.05, 3.63) is 47.7 Å². The predicted molar refractivity (Wildman–Crippen MR) is 86.4 cm³/mol. The van der Waals surface area contributed by atoms with Gasteiger partial charge in [-0.25, -0.2) is 4.98 Å². The minimum Gasteiger partial charge on any atom is -0.397 e. The van der Waals surface area contributed by atoms with Crippen molar-refractivity contribution >= 4 is 23.4 Å². The second-order valence-electron chi connectivity index (χ2n) is 5.85. The SMILES string of the molecule is CC(C)(C)c1ccc(Sc2cc(C(N)=O)c(N)cn2)cc1. The number of carbonyl (C=O) groups excluding carboxylic acids is 1. The molecule has 1 aromatic heterocycles. The van der Waals surface area contributed by atoms with Crippen LogP contribution in [-0.2, 0) is 5.41 Å². The zero-order chi connectivity index (χ0) is 15.6. The van der Waals surface area contributed by atoms with E-state index in [2.05, 4.69) is 37.9 Å². The maximum absolute atomic E-state index is 11.3. The molecule has 0 saturated carbocycles. The van der Waals surface area contributed by atoms with E-state index in [1.165, 1.54) is 23.5 Å². The first-order valence-electron chi connectivity index (χ1n) is 6.61. The van der Waals surface area contributed by atoms with E-state index >= 15 is 0 Å². The number of nitrogens with zero attached hydrogens (tertiary/aromatic N) is 1. The van der Waals surface area contributed by atoms with Gasteiger partial charge in [-0.3, -0.25) is 4.79 Å². The number of benzene rings is 1. The van der Waals surface area contributed by atoms with Gasteiger partial charge in [-0.2, -0.15) is 0 Å². The van der Waals surface area contributed by atoms with Crippen LogP contribution >= 0.6 is 11.8 Å². The number of rotatable bonds is 3. The third-order valence-corrected chi connectivity index (χ3v) is 4.06. The second kappa shape index (κ2) is 5.77. The Morgan fingerprint density at radius 1 is 1.19 bits per heavy atom. The number of amides is 1. The van der Waals surface area contributed by atoms with Crippen molar-refractivity contribution in [2.45, 2.75) is 36.1 Å². The minimum atomic E-state index is -0.542. The van der Waals surface area contributed by atoms with Gasteiger partial charge in [0.15, 0.2) is 0 Å². The first kappa shape index (κ1) is 15.4. The number of nitrogen functional groups attached to an aromatic ring is 1. The highest BCUT2D eigenvalue weighted by atomic mass is 32.2. The summed E-state index contributed by atoms with van der Waals surface area (Å²) in [5.74, 6) is -0.542. The highest BCUT2D eigenvalue weighted by Gasteiger charge is 2.13. The van der Waals surface area contributed by atoms with Crippen LogP contribution in [0.25, 0.3) is 0 Å². The highest BCUT2D eigenvalue weighted by molar-refractivity contribution is 7.99. The van der Waals surface area contributed by atoms with Crippen LogP contribution in [0, 0.1) is 0 Å². The zero-order valence-corrected chi connectivity index (χ0v) is 13.2. The molecule has 21 heavy (non-hydrogen) atoms. The number of nitrogens with two attached hydrogens (primary N) is 2. The van der Waals surface area contributed by atoms with Crippen LogP contribution in [0.5, 0.6) is 0 Å². The number of primary amides is 1. The van der Waals surface area contributed by atoms with Gasteiger partial charge in [0.2, 0.25) is 0 Å². The Hall–Kier alpha value is -2.01. The molecule has 0 spiro atoms. The third kappa shape index (κ3) is 3.76. The molecule has 0 unspecified atom stereocenters.